The van der Waals surface area contributed by atoms with Gasteiger partial charge >= 0.3 is 5.97 Å². The molecule has 17 rings (SSSR count). The van der Waals surface area contributed by atoms with E-state index in [2.05, 4.69) is 131 Å². The number of para-hydroxylation sites is 1. The van der Waals surface area contributed by atoms with E-state index < -0.39 is 164 Å². The van der Waals surface area contributed by atoms with Gasteiger partial charge < -0.3 is 121 Å². The zero-order valence-corrected chi connectivity index (χ0v) is 86.7. The number of esters is 1. The molecule has 0 heterocycles. The number of ether oxygens (including phenoxy) is 3. The molecule has 21 N–H and O–H groups in total. The highest BCUT2D eigenvalue weighted by Gasteiger charge is 2.65. The van der Waals surface area contributed by atoms with Gasteiger partial charge in [-0.3, -0.25) is 4.79 Å². The van der Waals surface area contributed by atoms with E-state index in [1.54, 1.807) is 60.7 Å². The Morgan fingerprint density at radius 2 is 0.831 bits per heavy atom. The number of benzene rings is 10. The quantitative estimate of drug-likeness (QED) is 0.0123. The Kier molecular flexibility index (Phi) is 41.7. The van der Waals surface area contributed by atoms with Gasteiger partial charge in [0.2, 0.25) is 0 Å². The highest BCUT2D eigenvalue weighted by Crippen LogP contribution is 2.66. The fourth-order valence-corrected chi connectivity index (χ4v) is 21.6. The van der Waals surface area contributed by atoms with Crippen LogP contribution in [0.1, 0.15) is 178 Å². The summed E-state index contributed by atoms with van der Waals surface area (Å²) in [5.74, 6) is 1.94. The number of hydrogen-bond acceptors (Lipinski definition) is 25. The summed E-state index contributed by atoms with van der Waals surface area (Å²) in [7, 11) is 0. The zero-order valence-electron chi connectivity index (χ0n) is 83.6. The minimum Gasteiger partial charge on any atom is -0.485 e. The second kappa shape index (κ2) is 53.3. The number of hydrogen-bond donors (Lipinski definition) is 21. The minimum atomic E-state index is -1.51. The second-order valence-corrected chi connectivity index (χ2v) is 41.7. The monoisotopic (exact) mass is 2110 g/mol. The Bertz CT molecular complexity index is 6090. The molecule has 794 valence electrons. The standard InChI is InChI=1S/C26H27ClO5.C24H29ClO6.C24H29ClO4.C23H27ClO4.C22H28O6/c27-23-10-7-18(22-14-20(15-28)24(29)26(31)25(22)30)13-19(23)12-17-5-8-21(9-6-17)32-11-1-2-16-3-4-16;1-3-14-4-6-15(7-5-14)10-17-11-16(8-9-19(17)25)20-21(27)18(12-31-13(2)26)22(28)24(30)23(20)29;1-2-14-3-5-15(6-4-14)11-17-12-16(7-8-19(17)25)20-22(28)23(29)21(27)18(13-26)24(20)9-10-24;1-3-14-4-6-15(7-5-14)10-17-11-16(8-9-19(17)24)20-13(2)18(12-25)21(26)23(28)22(20)27;1-2-13-7-9-14(10-8-13)11-15-5-3-4-6-17(15)28-22-19(25)16(12-23)18(24)20(26)21(22)27/h5-10,13-14,16,20,24-26,28-31H,3-4,11-12,15H2;4-9,11,18,20-24,27-30H,3,10,12H2,1-2H3;3-8,12,18,20-23,26-29H,2,9-11,13H2,1H3;4-9,11,18,20-23,25-28H,2-3,10,12H2,1H3;3-10,16,18-27H,2,11-12H2,1H3/t20-,24-,25+,26+;18-,20+,21-,22+,23-,24-;18-,20+,21-,22+,23+;18-,20-,21+,22-,23-;16-,18-,19+,20+,21-,22-/m10101/s1. The van der Waals surface area contributed by atoms with E-state index >= 15 is 0 Å². The van der Waals surface area contributed by atoms with Crippen molar-refractivity contribution in [3.8, 4) is 23.3 Å². The molecule has 29 heteroatoms. The average molecular weight is 2110 g/mol. The van der Waals surface area contributed by atoms with E-state index in [0.29, 0.717) is 92.7 Å². The summed E-state index contributed by atoms with van der Waals surface area (Å²) >= 11 is 25.7. The lowest BCUT2D eigenvalue weighted by Gasteiger charge is -2.47. The summed E-state index contributed by atoms with van der Waals surface area (Å²) in [6, 6.07) is 70.2. The van der Waals surface area contributed by atoms with Crippen LogP contribution < -0.4 is 9.47 Å². The summed E-state index contributed by atoms with van der Waals surface area (Å²) in [6.07, 6.45) is -10.9. The largest absolute Gasteiger partial charge is 0.485 e. The van der Waals surface area contributed by atoms with Crippen molar-refractivity contribution in [3.63, 3.8) is 0 Å². The maximum Gasteiger partial charge on any atom is 0.302 e. The van der Waals surface area contributed by atoms with E-state index in [9.17, 15) is 112 Å². The summed E-state index contributed by atoms with van der Waals surface area (Å²) in [5, 5.41) is 217. The molecule has 10 aromatic rings. The summed E-state index contributed by atoms with van der Waals surface area (Å²) in [5.41, 5.74) is 18.5. The molecule has 148 heavy (non-hydrogen) atoms. The second-order valence-electron chi connectivity index (χ2n) is 40.1. The van der Waals surface area contributed by atoms with Crippen molar-refractivity contribution in [1.82, 2.24) is 0 Å². The van der Waals surface area contributed by atoms with Crippen molar-refractivity contribution in [1.29, 1.82) is 0 Å². The van der Waals surface area contributed by atoms with Crippen molar-refractivity contribution < 1.29 is 126 Å². The predicted octanol–water partition coefficient (Wildman–Crippen LogP) is 11.6. The van der Waals surface area contributed by atoms with Crippen LogP contribution >= 0.6 is 46.4 Å². The van der Waals surface area contributed by atoms with Crippen LogP contribution in [0, 0.1) is 52.8 Å². The first kappa shape index (κ1) is 116. The Labute approximate surface area is 884 Å². The molecule has 0 saturated heterocycles. The number of rotatable bonds is 28. The zero-order chi connectivity index (χ0) is 107. The van der Waals surface area contributed by atoms with Crippen LogP contribution in [0.2, 0.25) is 20.1 Å². The number of carbonyl (C=O) groups is 1. The van der Waals surface area contributed by atoms with Gasteiger partial charge in [0, 0.05) is 93.3 Å². The molecule has 1 spiro atoms. The normalized spacial score (nSPS) is 28.3. The van der Waals surface area contributed by atoms with Crippen LogP contribution in [0.25, 0.3) is 5.57 Å². The minimum absolute atomic E-state index is 0.203. The molecule has 10 aromatic carbocycles. The third kappa shape index (κ3) is 28.0. The van der Waals surface area contributed by atoms with E-state index in [0.717, 1.165) is 111 Å². The number of aryl methyl sites for hydroxylation is 4. The highest BCUT2D eigenvalue weighted by atomic mass is 35.5. The van der Waals surface area contributed by atoms with Crippen molar-refractivity contribution in [2.24, 2.45) is 40.9 Å². The number of carbonyl (C=O) groups excluding carboxylic acids is 1. The van der Waals surface area contributed by atoms with E-state index in [1.807, 2.05) is 78.9 Å². The molecular formula is C119H140Cl4O25. The van der Waals surface area contributed by atoms with Gasteiger partial charge in [-0.2, -0.15) is 0 Å². The van der Waals surface area contributed by atoms with Crippen molar-refractivity contribution in [3.05, 3.63) is 357 Å². The Hall–Kier alpha value is -9.37. The third-order valence-electron chi connectivity index (χ3n) is 30.4. The average Bonchev–Trinajstić information content (AvgIpc) is 1.55. The molecule has 0 aliphatic heterocycles. The molecule has 0 unspecified atom stereocenters. The summed E-state index contributed by atoms with van der Waals surface area (Å²) in [6.45, 7) is 12.4. The van der Waals surface area contributed by atoms with E-state index in [-0.39, 0.29) is 37.8 Å². The van der Waals surface area contributed by atoms with Crippen LogP contribution in [0.5, 0.6) is 11.5 Å². The third-order valence-corrected chi connectivity index (χ3v) is 31.9. The van der Waals surface area contributed by atoms with Gasteiger partial charge in [0.25, 0.3) is 0 Å². The van der Waals surface area contributed by atoms with Crippen LogP contribution in [-0.2, 0) is 67.3 Å². The maximum absolute atomic E-state index is 11.2. The number of aliphatic hydroxyl groups excluding tert-OH is 21. The summed E-state index contributed by atoms with van der Waals surface area (Å²) < 4.78 is 16.5. The first-order valence-corrected chi connectivity index (χ1v) is 52.4. The van der Waals surface area contributed by atoms with Gasteiger partial charge in [-0.25, -0.2) is 0 Å². The van der Waals surface area contributed by atoms with Crippen LogP contribution in [0.4, 0.5) is 0 Å². The lowest BCUT2D eigenvalue weighted by Crippen LogP contribution is -2.63. The lowest BCUT2D eigenvalue weighted by molar-refractivity contribution is -0.202. The first-order valence-electron chi connectivity index (χ1n) is 50.9. The molecule has 0 bridgehead atoms. The van der Waals surface area contributed by atoms with Gasteiger partial charge in [-0.05, 0) is 237 Å². The SMILES string of the molecule is C=C1[C@H](CO)[C@@H](O)[C@H](O)[C@@H](O)[C@@H]1c1ccc(Cl)c(Cc2ccc(CC)cc2)c1.CCc1ccc(Cc2cc([C@H]3[C@H](O)[C@@H](O)[C@H](O)[C@@H](CO)C34CC4)ccc2Cl)cc1.CCc1ccc(Cc2cc([C@H]3[C@H](O)[C@@H](O)[C@H](O)[C@@H](COC(C)=O)[C@@H]3O)ccc2Cl)cc1.CCc1ccc(Cc2ccccc2O[C@H]2[C@H](O)[C@@H](O)[C@H](O)[C@@H](CO)[C@@H]2O)cc1.OC[C@H]1C=C(c2ccc(Cl)c(Cc3ccc(OCC#CC4CC4)cc3)c2)[C@H](O)[C@@H](O)[C@@H]1O. The van der Waals surface area contributed by atoms with Gasteiger partial charge in [-0.15, -0.1) is 0 Å². The number of halogens is 4. The smallest absolute Gasteiger partial charge is 0.302 e. The van der Waals surface area contributed by atoms with Gasteiger partial charge in [0.15, 0.2) is 6.10 Å². The highest BCUT2D eigenvalue weighted by molar-refractivity contribution is 6.32. The molecule has 6 saturated carbocycles. The topological polar surface area (TPSA) is 470 Å². The van der Waals surface area contributed by atoms with Gasteiger partial charge in [0.05, 0.1) is 81.4 Å². The summed E-state index contributed by atoms with van der Waals surface area (Å²) in [4.78, 5) is 11.2. The number of aliphatic hydroxyl groups is 21. The lowest BCUT2D eigenvalue weighted by atomic mass is 9.63. The van der Waals surface area contributed by atoms with Crippen molar-refractivity contribution in [2.75, 3.05) is 39.6 Å². The van der Waals surface area contributed by atoms with Crippen LogP contribution in [0.3, 0.4) is 0 Å². The molecule has 7 aliphatic rings. The predicted molar refractivity (Wildman–Crippen MR) is 568 cm³/mol. The van der Waals surface area contributed by atoms with Crippen LogP contribution in [-0.4, -0.2) is 263 Å². The Balaban J connectivity index is 0.000000155. The first-order chi connectivity index (χ1) is 70.9. The van der Waals surface area contributed by atoms with Crippen LogP contribution in [0.15, 0.2) is 237 Å². The van der Waals surface area contributed by atoms with Gasteiger partial charge in [0.1, 0.15) is 66.9 Å². The molecule has 7 aliphatic carbocycles. The molecule has 0 amide bonds. The Morgan fingerprint density at radius 3 is 1.30 bits per heavy atom. The molecule has 26 atom stereocenters. The van der Waals surface area contributed by atoms with Crippen molar-refractivity contribution in [2.45, 2.75) is 246 Å². The Morgan fingerprint density at radius 1 is 0.399 bits per heavy atom. The van der Waals surface area contributed by atoms with E-state index in [4.69, 9.17) is 60.6 Å². The molecule has 6 fully saturated rings. The molecule has 0 aromatic heterocycles. The maximum atomic E-state index is 11.2. The molecular weight excluding hydrogens is 1970 g/mol. The molecule has 0 radical (unpaired) electrons. The van der Waals surface area contributed by atoms with Crippen molar-refractivity contribution >= 4 is 57.9 Å². The fourth-order valence-electron chi connectivity index (χ4n) is 20.9. The molecule has 25 nitrogen and oxygen atoms in total. The fraction of sp³-hybridized carbons (Fsp3) is 0.437. The van der Waals surface area contributed by atoms with E-state index in [1.165, 1.54) is 42.0 Å². The van der Waals surface area contributed by atoms with Gasteiger partial charge in [-0.1, -0.05) is 274 Å².